The minimum atomic E-state index is -0.809. The fourth-order valence-electron chi connectivity index (χ4n) is 1.48. The number of carbonyl (C=O) groups is 1. The smallest absolute Gasteiger partial charge is 0.292 e. The van der Waals surface area contributed by atoms with Gasteiger partial charge in [0.15, 0.2) is 0 Å². The summed E-state index contributed by atoms with van der Waals surface area (Å²) in [5.74, 6) is -0.865. The third-order valence-electron chi connectivity index (χ3n) is 2.16. The molecule has 3 N–H and O–H groups in total. The first-order valence-corrected chi connectivity index (χ1v) is 4.44. The van der Waals surface area contributed by atoms with Crippen molar-refractivity contribution in [2.45, 2.75) is 19.3 Å². The molecule has 2 heterocycles. The minimum Gasteiger partial charge on any atom is -0.490 e. The molecular formula is C8H11N3O3. The molecular weight excluding hydrogens is 186 g/mol. The molecule has 0 atom stereocenters. The molecule has 0 aromatic heterocycles. The summed E-state index contributed by atoms with van der Waals surface area (Å²) in [5.41, 5.74) is 5.00. The van der Waals surface area contributed by atoms with Crippen molar-refractivity contribution < 1.29 is 14.7 Å². The molecule has 0 aliphatic carbocycles. The molecule has 6 heteroatoms. The van der Waals surface area contributed by atoms with E-state index in [9.17, 15) is 9.90 Å². The van der Waals surface area contributed by atoms with Gasteiger partial charge in [-0.3, -0.25) is 4.79 Å². The minimum absolute atomic E-state index is 0.282. The van der Waals surface area contributed by atoms with Gasteiger partial charge in [0.2, 0.25) is 0 Å². The fraction of sp³-hybridized carbons (Fsp3) is 0.500. The van der Waals surface area contributed by atoms with Gasteiger partial charge in [-0.05, 0) is 12.8 Å². The van der Waals surface area contributed by atoms with Crippen LogP contribution < -0.4 is 5.73 Å². The van der Waals surface area contributed by atoms with Gasteiger partial charge in [0.05, 0.1) is 6.54 Å². The van der Waals surface area contributed by atoms with Gasteiger partial charge in [-0.25, -0.2) is 0 Å². The van der Waals surface area contributed by atoms with E-state index in [2.05, 4.69) is 4.99 Å². The summed E-state index contributed by atoms with van der Waals surface area (Å²) in [5, 5.41) is 10.8. The Labute approximate surface area is 80.6 Å². The molecule has 1 saturated heterocycles. The van der Waals surface area contributed by atoms with E-state index in [1.54, 1.807) is 0 Å². The van der Waals surface area contributed by atoms with Crippen LogP contribution in [0.15, 0.2) is 16.6 Å². The second kappa shape index (κ2) is 3.21. The number of aliphatic imine (C=N–C) groups is 1. The molecule has 1 fully saturated rings. The normalized spacial score (nSPS) is 21.1. The lowest BCUT2D eigenvalue weighted by Crippen LogP contribution is -2.40. The molecule has 1 amide bonds. The van der Waals surface area contributed by atoms with Crippen molar-refractivity contribution in [3.05, 3.63) is 11.6 Å². The highest BCUT2D eigenvalue weighted by Gasteiger charge is 2.28. The number of nitrogens with zero attached hydrogens (tertiary/aromatic N) is 2. The van der Waals surface area contributed by atoms with Crippen molar-refractivity contribution in [1.82, 2.24) is 5.06 Å². The number of hydrogen-bond acceptors (Lipinski definition) is 5. The van der Waals surface area contributed by atoms with E-state index in [1.165, 1.54) is 5.06 Å². The molecule has 0 radical (unpaired) electrons. The number of aliphatic hydroxyl groups excluding tert-OH is 1. The third kappa shape index (κ3) is 1.39. The number of piperidine rings is 1. The summed E-state index contributed by atoms with van der Waals surface area (Å²) in [7, 11) is 0. The molecule has 0 spiro atoms. The van der Waals surface area contributed by atoms with Crippen LogP contribution in [0.5, 0.6) is 0 Å². The molecule has 0 unspecified atom stereocenters. The second-order valence-corrected chi connectivity index (χ2v) is 3.20. The summed E-state index contributed by atoms with van der Waals surface area (Å²) >= 11 is 0. The molecule has 14 heavy (non-hydrogen) atoms. The summed E-state index contributed by atoms with van der Waals surface area (Å²) in [6.45, 7) is 0.670. The number of rotatable bonds is 1. The lowest BCUT2D eigenvalue weighted by Gasteiger charge is -2.31. The molecule has 0 saturated carbocycles. The molecule has 6 nitrogen and oxygen atoms in total. The van der Waals surface area contributed by atoms with E-state index in [0.717, 1.165) is 19.3 Å². The highest BCUT2D eigenvalue weighted by Crippen LogP contribution is 2.21. The maximum absolute atomic E-state index is 10.8. The van der Waals surface area contributed by atoms with Crippen LogP contribution in [0.1, 0.15) is 19.3 Å². The molecule has 2 aliphatic heterocycles. The number of hydrogen-bond donors (Lipinski definition) is 2. The van der Waals surface area contributed by atoms with Crippen LogP contribution in [-0.4, -0.2) is 28.5 Å². The predicted octanol–water partition coefficient (Wildman–Crippen LogP) is 0.0284. The first-order chi connectivity index (χ1) is 6.68. The summed E-state index contributed by atoms with van der Waals surface area (Å²) in [6, 6.07) is 0. The number of amides is 1. The SMILES string of the molecule is NC(=O)C1=C(O)N=C2CCCCN2O1. The van der Waals surface area contributed by atoms with Crippen molar-refractivity contribution in [3.8, 4) is 0 Å². The van der Waals surface area contributed by atoms with Gasteiger partial charge >= 0.3 is 0 Å². The molecule has 76 valence electrons. The van der Waals surface area contributed by atoms with Gasteiger partial charge in [-0.2, -0.15) is 10.1 Å². The van der Waals surface area contributed by atoms with Crippen LogP contribution in [0.3, 0.4) is 0 Å². The average Bonchev–Trinajstić information content (AvgIpc) is 2.16. The number of fused-ring (bicyclic) bond motifs is 1. The van der Waals surface area contributed by atoms with E-state index in [4.69, 9.17) is 10.6 Å². The van der Waals surface area contributed by atoms with Gasteiger partial charge in [-0.15, -0.1) is 0 Å². The Bertz CT molecular complexity index is 335. The lowest BCUT2D eigenvalue weighted by molar-refractivity contribution is -0.130. The Balaban J connectivity index is 2.28. The summed E-state index contributed by atoms with van der Waals surface area (Å²) in [4.78, 5) is 19.8. The van der Waals surface area contributed by atoms with Crippen molar-refractivity contribution in [1.29, 1.82) is 0 Å². The number of primary amides is 1. The number of hydroxylamine groups is 2. The average molecular weight is 197 g/mol. The van der Waals surface area contributed by atoms with Crippen molar-refractivity contribution in [2.24, 2.45) is 10.7 Å². The Morgan fingerprint density at radius 2 is 2.36 bits per heavy atom. The summed E-state index contributed by atoms with van der Waals surface area (Å²) < 4.78 is 0. The maximum Gasteiger partial charge on any atom is 0.292 e. The number of carbonyl (C=O) groups excluding carboxylic acids is 1. The first-order valence-electron chi connectivity index (χ1n) is 4.44. The zero-order valence-electron chi connectivity index (χ0n) is 7.56. The van der Waals surface area contributed by atoms with E-state index in [-0.39, 0.29) is 5.76 Å². The van der Waals surface area contributed by atoms with Crippen LogP contribution in [0, 0.1) is 0 Å². The Morgan fingerprint density at radius 3 is 3.07 bits per heavy atom. The van der Waals surface area contributed by atoms with Crippen LogP contribution >= 0.6 is 0 Å². The van der Waals surface area contributed by atoms with E-state index >= 15 is 0 Å². The summed E-state index contributed by atoms with van der Waals surface area (Å²) in [6.07, 6.45) is 2.74. The molecule has 0 aromatic carbocycles. The van der Waals surface area contributed by atoms with E-state index in [1.807, 2.05) is 0 Å². The van der Waals surface area contributed by atoms with E-state index < -0.39 is 11.8 Å². The highest BCUT2D eigenvalue weighted by atomic mass is 16.7. The molecule has 0 bridgehead atoms. The predicted molar refractivity (Wildman–Crippen MR) is 47.9 cm³/mol. The van der Waals surface area contributed by atoms with Crippen molar-refractivity contribution >= 4 is 11.7 Å². The Morgan fingerprint density at radius 1 is 1.57 bits per heavy atom. The molecule has 0 aromatic rings. The highest BCUT2D eigenvalue weighted by molar-refractivity contribution is 5.93. The van der Waals surface area contributed by atoms with Gasteiger partial charge in [0.25, 0.3) is 17.5 Å². The third-order valence-corrected chi connectivity index (χ3v) is 2.16. The monoisotopic (exact) mass is 197 g/mol. The largest absolute Gasteiger partial charge is 0.490 e. The van der Waals surface area contributed by atoms with Gasteiger partial charge in [0.1, 0.15) is 5.84 Å². The zero-order chi connectivity index (χ0) is 10.1. The van der Waals surface area contributed by atoms with Gasteiger partial charge < -0.3 is 15.7 Å². The van der Waals surface area contributed by atoms with Crippen molar-refractivity contribution in [2.75, 3.05) is 6.54 Å². The van der Waals surface area contributed by atoms with E-state index in [0.29, 0.717) is 12.4 Å². The van der Waals surface area contributed by atoms with Crippen LogP contribution in [0.4, 0.5) is 0 Å². The van der Waals surface area contributed by atoms with Gasteiger partial charge in [-0.1, -0.05) is 0 Å². The topological polar surface area (TPSA) is 88.2 Å². The first kappa shape index (κ1) is 8.86. The molecule has 2 aliphatic rings. The van der Waals surface area contributed by atoms with Gasteiger partial charge in [0, 0.05) is 6.42 Å². The maximum atomic E-state index is 10.8. The standard InChI is InChI=1S/C8H11N3O3/c9-7(12)6-8(13)10-5-3-1-2-4-11(5)14-6/h13H,1-4H2,(H2,9,12). The molecule has 2 rings (SSSR count). The Kier molecular flexibility index (Phi) is 2.03. The zero-order valence-corrected chi connectivity index (χ0v) is 7.56. The Hall–Kier alpha value is -1.72. The second-order valence-electron chi connectivity index (χ2n) is 3.20. The lowest BCUT2D eigenvalue weighted by atomic mass is 10.1. The fourth-order valence-corrected chi connectivity index (χ4v) is 1.48. The van der Waals surface area contributed by atoms with Crippen LogP contribution in [0.2, 0.25) is 0 Å². The number of nitrogens with two attached hydrogens (primary N) is 1. The van der Waals surface area contributed by atoms with Crippen molar-refractivity contribution in [3.63, 3.8) is 0 Å². The number of amidine groups is 1. The number of aliphatic hydroxyl groups is 1. The van der Waals surface area contributed by atoms with Crippen LogP contribution in [0.25, 0.3) is 0 Å². The van der Waals surface area contributed by atoms with Crippen LogP contribution in [-0.2, 0) is 9.63 Å². The quantitative estimate of drug-likeness (QED) is 0.620.